The molecule has 0 aromatic heterocycles. The number of anilines is 2. The summed E-state index contributed by atoms with van der Waals surface area (Å²) in [6, 6.07) is 15.0. The van der Waals surface area contributed by atoms with E-state index in [-0.39, 0.29) is 16.9 Å². The van der Waals surface area contributed by atoms with Crippen LogP contribution < -0.4 is 15.5 Å². The Balaban J connectivity index is 1.86. The molecule has 3 aromatic carbocycles. The second-order valence-corrected chi connectivity index (χ2v) is 8.81. The van der Waals surface area contributed by atoms with E-state index in [9.17, 15) is 32.1 Å². The summed E-state index contributed by atoms with van der Waals surface area (Å²) in [6.07, 6.45) is 1.14. The van der Waals surface area contributed by atoms with E-state index in [1.807, 2.05) is 0 Å². The number of nitro groups is 1. The standard InChI is InChI=1S/C22H18F2N4O6S/c1-34-18-8-6-16(7-9-18)26-19-10-5-15(12-20(19)35(32,33)22(23)24)21(29)27-25-13-14-3-2-4-17(11-14)28(30)31/h2-13,22,26H,1H3,(H,27,29). The molecule has 0 spiro atoms. The Kier molecular flexibility index (Phi) is 7.71. The van der Waals surface area contributed by atoms with Crippen molar-refractivity contribution in [3.05, 3.63) is 88.0 Å². The van der Waals surface area contributed by atoms with Crippen LogP contribution in [0, 0.1) is 10.1 Å². The maximum absolute atomic E-state index is 13.3. The third kappa shape index (κ3) is 6.14. The third-order valence-corrected chi connectivity index (χ3v) is 6.03. The van der Waals surface area contributed by atoms with E-state index >= 15 is 0 Å². The van der Waals surface area contributed by atoms with Gasteiger partial charge in [0.2, 0.25) is 9.84 Å². The van der Waals surface area contributed by atoms with E-state index in [0.29, 0.717) is 17.0 Å². The molecule has 0 atom stereocenters. The average Bonchev–Trinajstić information content (AvgIpc) is 2.84. The first kappa shape index (κ1) is 25.2. The summed E-state index contributed by atoms with van der Waals surface area (Å²) in [7, 11) is -3.61. The molecule has 35 heavy (non-hydrogen) atoms. The molecule has 0 unspecified atom stereocenters. The highest BCUT2D eigenvalue weighted by Gasteiger charge is 2.30. The molecule has 2 N–H and O–H groups in total. The van der Waals surface area contributed by atoms with Gasteiger partial charge in [-0.05, 0) is 42.5 Å². The van der Waals surface area contributed by atoms with Crippen LogP contribution in [0.2, 0.25) is 0 Å². The van der Waals surface area contributed by atoms with Crippen molar-refractivity contribution in [2.45, 2.75) is 10.7 Å². The summed E-state index contributed by atoms with van der Waals surface area (Å²) in [4.78, 5) is 21.9. The van der Waals surface area contributed by atoms with E-state index in [1.54, 1.807) is 24.3 Å². The van der Waals surface area contributed by atoms with Gasteiger partial charge in [0.05, 0.1) is 28.8 Å². The zero-order chi connectivity index (χ0) is 25.6. The van der Waals surface area contributed by atoms with Gasteiger partial charge in [-0.15, -0.1) is 0 Å². The lowest BCUT2D eigenvalue weighted by molar-refractivity contribution is -0.384. The number of nitrogens with zero attached hydrogens (tertiary/aromatic N) is 2. The van der Waals surface area contributed by atoms with Gasteiger partial charge in [0.25, 0.3) is 11.6 Å². The molecule has 182 valence electrons. The molecule has 0 aliphatic rings. The number of sulfone groups is 1. The molecule has 0 saturated carbocycles. The van der Waals surface area contributed by atoms with Crippen molar-refractivity contribution >= 4 is 39.0 Å². The fourth-order valence-electron chi connectivity index (χ4n) is 2.88. The number of carbonyl (C=O) groups excluding carboxylic acids is 1. The Morgan fingerprint density at radius 3 is 2.46 bits per heavy atom. The highest BCUT2D eigenvalue weighted by molar-refractivity contribution is 7.91. The van der Waals surface area contributed by atoms with Crippen molar-refractivity contribution in [1.82, 2.24) is 5.43 Å². The van der Waals surface area contributed by atoms with Crippen LogP contribution in [0.1, 0.15) is 15.9 Å². The number of halogens is 2. The summed E-state index contributed by atoms with van der Waals surface area (Å²) in [6.45, 7) is 0. The van der Waals surface area contributed by atoms with E-state index < -0.39 is 31.3 Å². The van der Waals surface area contributed by atoms with Crippen LogP contribution in [-0.4, -0.2) is 38.3 Å². The monoisotopic (exact) mass is 504 g/mol. The quantitative estimate of drug-likeness (QED) is 0.254. The van der Waals surface area contributed by atoms with Crippen LogP contribution in [-0.2, 0) is 9.84 Å². The summed E-state index contributed by atoms with van der Waals surface area (Å²) >= 11 is 0. The second-order valence-electron chi connectivity index (χ2n) is 6.92. The molecule has 0 aliphatic carbocycles. The van der Waals surface area contributed by atoms with E-state index in [0.717, 1.165) is 12.3 Å². The predicted octanol–water partition coefficient (Wildman–Crippen LogP) is 4.11. The number of rotatable bonds is 9. The van der Waals surface area contributed by atoms with Crippen molar-refractivity contribution in [2.24, 2.45) is 5.10 Å². The number of nitrogens with one attached hydrogen (secondary N) is 2. The number of alkyl halides is 2. The fraction of sp³-hybridized carbons (Fsp3) is 0.0909. The summed E-state index contributed by atoms with van der Waals surface area (Å²) in [5.74, 6) is -4.06. The second kappa shape index (κ2) is 10.7. The fourth-order valence-corrected chi connectivity index (χ4v) is 3.79. The Bertz CT molecular complexity index is 1380. The van der Waals surface area contributed by atoms with Crippen molar-refractivity contribution in [2.75, 3.05) is 12.4 Å². The van der Waals surface area contributed by atoms with Crippen molar-refractivity contribution < 1.29 is 31.7 Å². The van der Waals surface area contributed by atoms with Crippen LogP contribution in [0.25, 0.3) is 0 Å². The number of benzene rings is 3. The highest BCUT2D eigenvalue weighted by atomic mass is 32.2. The Morgan fingerprint density at radius 1 is 1.11 bits per heavy atom. The number of amides is 1. The average molecular weight is 504 g/mol. The maximum Gasteiger partial charge on any atom is 0.341 e. The van der Waals surface area contributed by atoms with Gasteiger partial charge >= 0.3 is 5.76 Å². The van der Waals surface area contributed by atoms with Crippen LogP contribution in [0.3, 0.4) is 0 Å². The Morgan fingerprint density at radius 2 is 1.83 bits per heavy atom. The molecule has 0 heterocycles. The molecule has 0 fully saturated rings. The molecule has 0 bridgehead atoms. The van der Waals surface area contributed by atoms with Gasteiger partial charge in [-0.25, -0.2) is 13.8 Å². The number of hydrogen-bond acceptors (Lipinski definition) is 8. The Hall–Kier alpha value is -4.39. The van der Waals surface area contributed by atoms with Crippen LogP contribution in [0.5, 0.6) is 5.75 Å². The van der Waals surface area contributed by atoms with Crippen molar-refractivity contribution in [1.29, 1.82) is 0 Å². The summed E-state index contributed by atoms with van der Waals surface area (Å²) in [5, 5.41) is 17.3. The van der Waals surface area contributed by atoms with Gasteiger partial charge in [0, 0.05) is 28.9 Å². The number of non-ortho nitro benzene ring substituents is 1. The molecule has 0 saturated heterocycles. The first-order valence-electron chi connectivity index (χ1n) is 9.77. The third-order valence-electron chi connectivity index (χ3n) is 4.61. The number of hydrazone groups is 1. The zero-order valence-corrected chi connectivity index (χ0v) is 18.8. The van der Waals surface area contributed by atoms with Crippen LogP contribution in [0.15, 0.2) is 76.7 Å². The minimum absolute atomic E-state index is 0.160. The SMILES string of the molecule is COc1ccc(Nc2ccc(C(=O)NN=Cc3cccc([N+](=O)[O-])c3)cc2S(=O)(=O)C(F)F)cc1. The molecule has 0 radical (unpaired) electrons. The summed E-state index contributed by atoms with van der Waals surface area (Å²) in [5.41, 5.74) is 2.26. The Labute approximate surface area is 198 Å². The topological polar surface area (TPSA) is 140 Å². The number of hydrogen-bond donors (Lipinski definition) is 2. The predicted molar refractivity (Wildman–Crippen MR) is 124 cm³/mol. The molecule has 10 nitrogen and oxygen atoms in total. The normalized spacial score (nSPS) is 11.4. The van der Waals surface area contributed by atoms with E-state index in [4.69, 9.17) is 4.74 Å². The molecule has 1 amide bonds. The van der Waals surface area contributed by atoms with Gasteiger partial charge < -0.3 is 10.1 Å². The summed E-state index contributed by atoms with van der Waals surface area (Å²) < 4.78 is 56.2. The first-order valence-corrected chi connectivity index (χ1v) is 11.3. The van der Waals surface area contributed by atoms with Crippen molar-refractivity contribution in [3.63, 3.8) is 0 Å². The zero-order valence-electron chi connectivity index (χ0n) is 18.0. The number of methoxy groups -OCH3 is 1. The van der Waals surface area contributed by atoms with Gasteiger partial charge in [-0.3, -0.25) is 14.9 Å². The minimum atomic E-state index is -5.08. The van der Waals surface area contributed by atoms with Crippen LogP contribution in [0.4, 0.5) is 25.8 Å². The number of nitro benzene ring substituents is 1. The minimum Gasteiger partial charge on any atom is -0.497 e. The van der Waals surface area contributed by atoms with Gasteiger partial charge in [0.1, 0.15) is 5.75 Å². The molecule has 13 heteroatoms. The lowest BCUT2D eigenvalue weighted by Gasteiger charge is -2.14. The van der Waals surface area contributed by atoms with Crippen LogP contribution >= 0.6 is 0 Å². The van der Waals surface area contributed by atoms with Gasteiger partial charge in [0.15, 0.2) is 0 Å². The molecule has 3 aromatic rings. The van der Waals surface area contributed by atoms with Crippen molar-refractivity contribution in [3.8, 4) is 5.75 Å². The van der Waals surface area contributed by atoms with Gasteiger partial charge in [-0.1, -0.05) is 12.1 Å². The number of ether oxygens (including phenoxy) is 1. The van der Waals surface area contributed by atoms with E-state index in [2.05, 4.69) is 15.8 Å². The number of carbonyl (C=O) groups is 1. The maximum atomic E-state index is 13.3. The van der Waals surface area contributed by atoms with E-state index in [1.165, 1.54) is 43.5 Å². The molecule has 0 aliphatic heterocycles. The lowest BCUT2D eigenvalue weighted by Crippen LogP contribution is -2.19. The molecule has 3 rings (SSSR count). The highest BCUT2D eigenvalue weighted by Crippen LogP contribution is 2.30. The van der Waals surface area contributed by atoms with Gasteiger partial charge in [-0.2, -0.15) is 13.9 Å². The smallest absolute Gasteiger partial charge is 0.341 e. The molecular formula is C22H18F2N4O6S. The largest absolute Gasteiger partial charge is 0.497 e. The molecular weight excluding hydrogens is 486 g/mol. The first-order chi connectivity index (χ1) is 16.6. The lowest BCUT2D eigenvalue weighted by atomic mass is 10.2.